The third-order valence-corrected chi connectivity index (χ3v) is 2.20. The number of aromatic amines is 2. The van der Waals surface area contributed by atoms with Crippen LogP contribution in [-0.4, -0.2) is 9.97 Å². The molecule has 1 aromatic heterocycles. The van der Waals surface area contributed by atoms with Gasteiger partial charge in [0.25, 0.3) is 5.56 Å². The number of hydrogen-bond acceptors (Lipinski definition) is 3. The Morgan fingerprint density at radius 1 is 1.31 bits per heavy atom. The van der Waals surface area contributed by atoms with Gasteiger partial charge >= 0.3 is 5.69 Å². The summed E-state index contributed by atoms with van der Waals surface area (Å²) < 4.78 is 5.36. The number of nitrogens with one attached hydrogen (secondary N) is 2. The van der Waals surface area contributed by atoms with Crippen LogP contribution in [0.4, 0.5) is 0 Å². The van der Waals surface area contributed by atoms with Crippen molar-refractivity contribution in [3.63, 3.8) is 0 Å². The first kappa shape index (κ1) is 8.25. The maximum atomic E-state index is 11.4. The quantitative estimate of drug-likeness (QED) is 0.584. The summed E-state index contributed by atoms with van der Waals surface area (Å²) >= 11 is 0. The molecule has 2 N–H and O–H groups in total. The molecule has 70 valence electrons. The molecule has 0 unspecified atom stereocenters. The van der Waals surface area contributed by atoms with Gasteiger partial charge in [-0.1, -0.05) is 0 Å². The van der Waals surface area contributed by atoms with Gasteiger partial charge in [-0.15, -0.1) is 0 Å². The Labute approximate surface area is 73.8 Å². The standard InChI is InChI=1S/C8H10N2O3/c1-8(2)5-4(3-13-8)9-7(12)10-6(5)11/h3H2,1-2H3,(H2,9,10,11,12). The third-order valence-electron chi connectivity index (χ3n) is 2.20. The minimum absolute atomic E-state index is 0.293. The first-order valence-corrected chi connectivity index (χ1v) is 4.00. The summed E-state index contributed by atoms with van der Waals surface area (Å²) in [6.07, 6.45) is 0. The third kappa shape index (κ3) is 1.12. The summed E-state index contributed by atoms with van der Waals surface area (Å²) in [5, 5.41) is 0. The molecule has 0 bridgehead atoms. The lowest BCUT2D eigenvalue weighted by molar-refractivity contribution is -0.00901. The molecule has 13 heavy (non-hydrogen) atoms. The van der Waals surface area contributed by atoms with E-state index in [0.29, 0.717) is 17.9 Å². The van der Waals surface area contributed by atoms with E-state index in [-0.39, 0.29) is 5.56 Å². The number of aromatic nitrogens is 2. The molecule has 0 aliphatic carbocycles. The molecule has 0 saturated carbocycles. The van der Waals surface area contributed by atoms with Crippen LogP contribution in [0.1, 0.15) is 25.1 Å². The van der Waals surface area contributed by atoms with Crippen LogP contribution in [0, 0.1) is 0 Å². The van der Waals surface area contributed by atoms with Gasteiger partial charge in [-0.05, 0) is 13.8 Å². The van der Waals surface area contributed by atoms with Crippen molar-refractivity contribution in [2.24, 2.45) is 0 Å². The van der Waals surface area contributed by atoms with Crippen LogP contribution in [0.5, 0.6) is 0 Å². The molecule has 1 aliphatic rings. The van der Waals surface area contributed by atoms with Crippen LogP contribution in [0.3, 0.4) is 0 Å². The Kier molecular flexibility index (Phi) is 1.47. The molecule has 1 aliphatic heterocycles. The van der Waals surface area contributed by atoms with Crippen molar-refractivity contribution in [2.45, 2.75) is 26.1 Å². The average Bonchev–Trinajstić information content (AvgIpc) is 2.26. The molecular weight excluding hydrogens is 172 g/mol. The largest absolute Gasteiger partial charge is 0.364 e. The average molecular weight is 182 g/mol. The summed E-state index contributed by atoms with van der Waals surface area (Å²) in [5.74, 6) is 0. The maximum Gasteiger partial charge on any atom is 0.325 e. The number of H-pyrrole nitrogens is 2. The Bertz CT molecular complexity index is 455. The van der Waals surface area contributed by atoms with Crippen LogP contribution in [0.2, 0.25) is 0 Å². The molecule has 0 saturated heterocycles. The number of rotatable bonds is 0. The molecule has 0 spiro atoms. The van der Waals surface area contributed by atoms with Gasteiger partial charge < -0.3 is 9.72 Å². The van der Waals surface area contributed by atoms with Gasteiger partial charge in [0.05, 0.1) is 23.5 Å². The van der Waals surface area contributed by atoms with E-state index in [2.05, 4.69) is 9.97 Å². The lowest BCUT2D eigenvalue weighted by Crippen LogP contribution is -2.31. The van der Waals surface area contributed by atoms with Crippen molar-refractivity contribution in [2.75, 3.05) is 0 Å². The second-order valence-electron chi connectivity index (χ2n) is 3.56. The van der Waals surface area contributed by atoms with E-state index in [1.807, 2.05) is 0 Å². The van der Waals surface area contributed by atoms with Gasteiger partial charge in [0, 0.05) is 0 Å². The highest BCUT2D eigenvalue weighted by molar-refractivity contribution is 5.25. The molecule has 1 aromatic rings. The number of hydrogen-bond donors (Lipinski definition) is 2. The molecule has 5 heteroatoms. The monoisotopic (exact) mass is 182 g/mol. The summed E-state index contributed by atoms with van der Waals surface area (Å²) in [6, 6.07) is 0. The SMILES string of the molecule is CC1(C)OCc2[nH]c(=O)[nH]c(=O)c21. The van der Waals surface area contributed by atoms with Crippen LogP contribution in [0.15, 0.2) is 9.59 Å². The van der Waals surface area contributed by atoms with Crippen molar-refractivity contribution < 1.29 is 4.74 Å². The van der Waals surface area contributed by atoms with Gasteiger partial charge in [0.1, 0.15) is 0 Å². The summed E-state index contributed by atoms with van der Waals surface area (Å²) in [5.41, 5.74) is -0.343. The zero-order valence-electron chi connectivity index (χ0n) is 7.43. The van der Waals surface area contributed by atoms with E-state index in [0.717, 1.165) is 0 Å². The molecule has 0 fully saturated rings. The topological polar surface area (TPSA) is 75.0 Å². The molecule has 5 nitrogen and oxygen atoms in total. The lowest BCUT2D eigenvalue weighted by atomic mass is 10.0. The van der Waals surface area contributed by atoms with Crippen molar-refractivity contribution in [3.05, 3.63) is 32.1 Å². The fourth-order valence-corrected chi connectivity index (χ4v) is 1.60. The van der Waals surface area contributed by atoms with E-state index in [4.69, 9.17) is 4.74 Å². The van der Waals surface area contributed by atoms with Crippen molar-refractivity contribution in [1.29, 1.82) is 0 Å². The van der Waals surface area contributed by atoms with Crippen LogP contribution < -0.4 is 11.2 Å². The second-order valence-corrected chi connectivity index (χ2v) is 3.56. The van der Waals surface area contributed by atoms with Crippen LogP contribution >= 0.6 is 0 Å². The van der Waals surface area contributed by atoms with E-state index in [9.17, 15) is 9.59 Å². The minimum Gasteiger partial charge on any atom is -0.364 e. The van der Waals surface area contributed by atoms with Crippen molar-refractivity contribution in [3.8, 4) is 0 Å². The zero-order chi connectivity index (χ0) is 9.64. The molecule has 2 rings (SSSR count). The van der Waals surface area contributed by atoms with E-state index >= 15 is 0 Å². The maximum absolute atomic E-state index is 11.4. The van der Waals surface area contributed by atoms with Gasteiger partial charge in [0.2, 0.25) is 0 Å². The highest BCUT2D eigenvalue weighted by Gasteiger charge is 2.34. The predicted octanol–water partition coefficient (Wildman–Crippen LogP) is -0.171. The smallest absolute Gasteiger partial charge is 0.325 e. The first-order chi connectivity index (χ1) is 6.00. The summed E-state index contributed by atoms with van der Waals surface area (Å²) in [4.78, 5) is 27.0. The molecule has 0 radical (unpaired) electrons. The van der Waals surface area contributed by atoms with E-state index in [1.54, 1.807) is 13.8 Å². The van der Waals surface area contributed by atoms with Crippen molar-refractivity contribution >= 4 is 0 Å². The predicted molar refractivity (Wildman–Crippen MR) is 45.5 cm³/mol. The van der Waals surface area contributed by atoms with E-state index in [1.165, 1.54) is 0 Å². The highest BCUT2D eigenvalue weighted by atomic mass is 16.5. The zero-order valence-corrected chi connectivity index (χ0v) is 7.43. The Morgan fingerprint density at radius 3 is 2.69 bits per heavy atom. The minimum atomic E-state index is -0.604. The summed E-state index contributed by atoms with van der Waals surface area (Å²) in [6.45, 7) is 3.89. The summed E-state index contributed by atoms with van der Waals surface area (Å²) in [7, 11) is 0. The number of ether oxygens (including phenoxy) is 1. The highest BCUT2D eigenvalue weighted by Crippen LogP contribution is 2.30. The van der Waals surface area contributed by atoms with Gasteiger partial charge in [-0.2, -0.15) is 0 Å². The first-order valence-electron chi connectivity index (χ1n) is 4.00. The van der Waals surface area contributed by atoms with Crippen molar-refractivity contribution in [1.82, 2.24) is 9.97 Å². The Hall–Kier alpha value is -1.36. The Morgan fingerprint density at radius 2 is 2.00 bits per heavy atom. The lowest BCUT2D eigenvalue weighted by Gasteiger charge is -2.15. The van der Waals surface area contributed by atoms with Gasteiger partial charge in [-0.25, -0.2) is 4.79 Å². The molecule has 0 aromatic carbocycles. The molecule has 0 amide bonds. The molecule has 2 heterocycles. The molecule has 0 atom stereocenters. The fourth-order valence-electron chi connectivity index (χ4n) is 1.60. The van der Waals surface area contributed by atoms with Gasteiger partial charge in [-0.3, -0.25) is 9.78 Å². The fraction of sp³-hybridized carbons (Fsp3) is 0.500. The number of fused-ring (bicyclic) bond motifs is 1. The van der Waals surface area contributed by atoms with Crippen LogP contribution in [-0.2, 0) is 16.9 Å². The Balaban J connectivity index is 2.80. The van der Waals surface area contributed by atoms with Gasteiger partial charge in [0.15, 0.2) is 0 Å². The van der Waals surface area contributed by atoms with Crippen LogP contribution in [0.25, 0.3) is 0 Å². The van der Waals surface area contributed by atoms with E-state index < -0.39 is 11.3 Å². The molecular formula is C8H10N2O3. The normalized spacial score (nSPS) is 18.6. The second kappa shape index (κ2) is 2.32.